The normalized spacial score (nSPS) is 8.20. The Balaban J connectivity index is 3.03. The van der Waals surface area contributed by atoms with E-state index in [9.17, 15) is 0 Å². The van der Waals surface area contributed by atoms with Crippen molar-refractivity contribution in [2.24, 2.45) is 0 Å². The first-order valence-corrected chi connectivity index (χ1v) is 3.04. The quantitative estimate of drug-likeness (QED) is 0.495. The van der Waals surface area contributed by atoms with Crippen LogP contribution in [-0.2, 0) is 0 Å². The van der Waals surface area contributed by atoms with E-state index in [4.69, 9.17) is 0 Å². The van der Waals surface area contributed by atoms with Crippen molar-refractivity contribution < 1.29 is 0 Å². The van der Waals surface area contributed by atoms with E-state index in [1.165, 1.54) is 6.33 Å². The van der Waals surface area contributed by atoms with Crippen LogP contribution in [-0.4, -0.2) is 9.97 Å². The van der Waals surface area contributed by atoms with Crippen LogP contribution in [0.1, 0.15) is 18.3 Å². The van der Waals surface area contributed by atoms with Crippen LogP contribution >= 0.6 is 0 Å². The van der Waals surface area contributed by atoms with Crippen LogP contribution in [0.15, 0.2) is 12.4 Å². The molecule has 10 heavy (non-hydrogen) atoms. The SMILES string of the molecule is CC#Cc1cc(C)ncn1. The Morgan fingerprint density at radius 1 is 1.40 bits per heavy atom. The molecule has 2 heteroatoms. The summed E-state index contributed by atoms with van der Waals surface area (Å²) in [6.45, 7) is 3.71. The average Bonchev–Trinajstić information content (AvgIpc) is 1.88. The van der Waals surface area contributed by atoms with E-state index in [0.717, 1.165) is 11.4 Å². The standard InChI is InChI=1S/C8H8N2/c1-3-4-8-5-7(2)9-6-10-8/h5-6H,1-2H3. The third kappa shape index (κ3) is 1.56. The van der Waals surface area contributed by atoms with Gasteiger partial charge in [0, 0.05) is 5.69 Å². The summed E-state index contributed by atoms with van der Waals surface area (Å²) in [6, 6.07) is 1.86. The van der Waals surface area contributed by atoms with Crippen molar-refractivity contribution in [3.63, 3.8) is 0 Å². The van der Waals surface area contributed by atoms with Gasteiger partial charge in [-0.05, 0) is 25.8 Å². The molecule has 0 fully saturated rings. The zero-order chi connectivity index (χ0) is 7.40. The largest absolute Gasteiger partial charge is 0.242 e. The van der Waals surface area contributed by atoms with Gasteiger partial charge in [-0.25, -0.2) is 9.97 Å². The van der Waals surface area contributed by atoms with E-state index < -0.39 is 0 Å². The minimum Gasteiger partial charge on any atom is -0.242 e. The molecule has 0 N–H and O–H groups in total. The summed E-state index contributed by atoms with van der Waals surface area (Å²) in [5.41, 5.74) is 1.74. The summed E-state index contributed by atoms with van der Waals surface area (Å²) in [6.07, 6.45) is 1.52. The van der Waals surface area contributed by atoms with E-state index in [0.29, 0.717) is 0 Å². The minimum absolute atomic E-state index is 0.787. The fourth-order valence-electron chi connectivity index (χ4n) is 0.651. The van der Waals surface area contributed by atoms with Crippen molar-refractivity contribution in [2.75, 3.05) is 0 Å². The van der Waals surface area contributed by atoms with E-state index in [1.807, 2.05) is 13.0 Å². The molecule has 0 atom stereocenters. The Morgan fingerprint density at radius 2 is 2.20 bits per heavy atom. The highest BCUT2D eigenvalue weighted by atomic mass is 14.8. The number of aryl methyl sites for hydroxylation is 1. The lowest BCUT2D eigenvalue weighted by Crippen LogP contribution is -1.86. The molecule has 0 unspecified atom stereocenters. The van der Waals surface area contributed by atoms with Gasteiger partial charge in [-0.15, -0.1) is 0 Å². The molecule has 0 aromatic carbocycles. The number of aromatic nitrogens is 2. The van der Waals surface area contributed by atoms with Gasteiger partial charge >= 0.3 is 0 Å². The molecular formula is C8H8N2. The highest BCUT2D eigenvalue weighted by Crippen LogP contribution is 1.92. The lowest BCUT2D eigenvalue weighted by atomic mass is 10.3. The van der Waals surface area contributed by atoms with Crippen LogP contribution in [0.5, 0.6) is 0 Å². The highest BCUT2D eigenvalue weighted by Gasteiger charge is 1.87. The molecule has 1 rings (SSSR count). The lowest BCUT2D eigenvalue weighted by molar-refractivity contribution is 1.09. The Kier molecular flexibility index (Phi) is 2.01. The predicted molar refractivity (Wildman–Crippen MR) is 39.3 cm³/mol. The molecule has 0 aliphatic heterocycles. The smallest absolute Gasteiger partial charge is 0.117 e. The summed E-state index contributed by atoms with van der Waals surface area (Å²) in [5.74, 6) is 5.62. The van der Waals surface area contributed by atoms with E-state index in [2.05, 4.69) is 21.8 Å². The van der Waals surface area contributed by atoms with Crippen molar-refractivity contribution >= 4 is 0 Å². The maximum atomic E-state index is 3.94. The molecule has 1 aromatic heterocycles. The van der Waals surface area contributed by atoms with E-state index in [1.54, 1.807) is 6.92 Å². The fourth-order valence-corrected chi connectivity index (χ4v) is 0.651. The maximum Gasteiger partial charge on any atom is 0.117 e. The third-order valence-corrected chi connectivity index (χ3v) is 1.06. The van der Waals surface area contributed by atoms with Crippen LogP contribution in [0.4, 0.5) is 0 Å². The van der Waals surface area contributed by atoms with Gasteiger partial charge < -0.3 is 0 Å². The van der Waals surface area contributed by atoms with Crippen molar-refractivity contribution in [3.8, 4) is 11.8 Å². The molecule has 0 radical (unpaired) electrons. The van der Waals surface area contributed by atoms with Gasteiger partial charge in [0.05, 0.1) is 0 Å². The van der Waals surface area contributed by atoms with Gasteiger partial charge in [-0.3, -0.25) is 0 Å². The van der Waals surface area contributed by atoms with Crippen molar-refractivity contribution in [2.45, 2.75) is 13.8 Å². The van der Waals surface area contributed by atoms with Gasteiger partial charge in [-0.1, -0.05) is 5.92 Å². The Hall–Kier alpha value is -1.36. The minimum atomic E-state index is 0.787. The van der Waals surface area contributed by atoms with Crippen LogP contribution in [0.2, 0.25) is 0 Å². The van der Waals surface area contributed by atoms with E-state index >= 15 is 0 Å². The zero-order valence-electron chi connectivity index (χ0n) is 6.05. The molecule has 0 aliphatic rings. The molecule has 0 aliphatic carbocycles. The van der Waals surface area contributed by atoms with Crippen LogP contribution in [0.25, 0.3) is 0 Å². The van der Waals surface area contributed by atoms with Gasteiger partial charge in [0.2, 0.25) is 0 Å². The summed E-state index contributed by atoms with van der Waals surface area (Å²) >= 11 is 0. The number of nitrogens with zero attached hydrogens (tertiary/aromatic N) is 2. The van der Waals surface area contributed by atoms with Gasteiger partial charge in [0.1, 0.15) is 12.0 Å². The first kappa shape index (κ1) is 6.76. The van der Waals surface area contributed by atoms with Gasteiger partial charge in [0.15, 0.2) is 0 Å². The number of hydrogen-bond acceptors (Lipinski definition) is 2. The van der Waals surface area contributed by atoms with Crippen LogP contribution in [0, 0.1) is 18.8 Å². The van der Waals surface area contributed by atoms with Gasteiger partial charge in [-0.2, -0.15) is 0 Å². The average molecular weight is 132 g/mol. The van der Waals surface area contributed by atoms with Gasteiger partial charge in [0.25, 0.3) is 0 Å². The molecule has 2 nitrogen and oxygen atoms in total. The first-order chi connectivity index (χ1) is 4.83. The fraction of sp³-hybridized carbons (Fsp3) is 0.250. The maximum absolute atomic E-state index is 3.94. The van der Waals surface area contributed by atoms with Crippen molar-refractivity contribution in [3.05, 3.63) is 23.8 Å². The number of rotatable bonds is 0. The second-order valence-corrected chi connectivity index (χ2v) is 1.92. The van der Waals surface area contributed by atoms with E-state index in [-0.39, 0.29) is 0 Å². The molecule has 1 heterocycles. The molecular weight excluding hydrogens is 124 g/mol. The topological polar surface area (TPSA) is 25.8 Å². The molecule has 0 spiro atoms. The molecule has 0 amide bonds. The Bertz CT molecular complexity index is 281. The summed E-state index contributed by atoms with van der Waals surface area (Å²) in [4.78, 5) is 7.89. The molecule has 0 saturated carbocycles. The molecule has 0 bridgehead atoms. The second kappa shape index (κ2) is 2.98. The van der Waals surface area contributed by atoms with Crippen LogP contribution in [0.3, 0.4) is 0 Å². The summed E-state index contributed by atoms with van der Waals surface area (Å²) < 4.78 is 0. The lowest BCUT2D eigenvalue weighted by Gasteiger charge is -1.89. The molecule has 50 valence electrons. The van der Waals surface area contributed by atoms with Crippen molar-refractivity contribution in [1.82, 2.24) is 9.97 Å². The van der Waals surface area contributed by atoms with Crippen molar-refractivity contribution in [1.29, 1.82) is 0 Å². The summed E-state index contributed by atoms with van der Waals surface area (Å²) in [7, 11) is 0. The zero-order valence-corrected chi connectivity index (χ0v) is 6.05. The Morgan fingerprint density at radius 3 is 2.80 bits per heavy atom. The molecule has 1 aromatic rings. The van der Waals surface area contributed by atoms with Crippen LogP contribution < -0.4 is 0 Å². The predicted octanol–water partition coefficient (Wildman–Crippen LogP) is 1.16. The highest BCUT2D eigenvalue weighted by molar-refractivity contribution is 5.26. The first-order valence-electron chi connectivity index (χ1n) is 3.04. The Labute approximate surface area is 60.3 Å². The third-order valence-electron chi connectivity index (χ3n) is 1.06. The second-order valence-electron chi connectivity index (χ2n) is 1.92. The molecule has 0 saturated heterocycles. The monoisotopic (exact) mass is 132 g/mol. The number of hydrogen-bond donors (Lipinski definition) is 0. The summed E-state index contributed by atoms with van der Waals surface area (Å²) in [5, 5.41) is 0.